The maximum atomic E-state index is 13.3. The summed E-state index contributed by atoms with van der Waals surface area (Å²) in [6.45, 7) is 0. The Hall–Kier alpha value is -2.77. The number of carbonyl (C=O) groups excluding carboxylic acids is 1. The lowest BCUT2D eigenvalue weighted by atomic mass is 10.2. The Bertz CT molecular complexity index is 701. The molecule has 0 aliphatic carbocycles. The molecule has 0 aromatic heterocycles. The minimum atomic E-state index is -4.62. The smallest absolute Gasteiger partial charge is 0.416 e. The van der Waals surface area contributed by atoms with Crippen molar-refractivity contribution in [3.63, 3.8) is 0 Å². The largest absolute Gasteiger partial charge is 0.506 e. The third-order valence-electron chi connectivity index (χ3n) is 2.69. The highest BCUT2D eigenvalue weighted by Gasteiger charge is 2.31. The Balaban J connectivity index is 2.17. The van der Waals surface area contributed by atoms with Crippen molar-refractivity contribution in [1.82, 2.24) is 0 Å². The molecular formula is C14H10F4N2O2. The van der Waals surface area contributed by atoms with E-state index in [9.17, 15) is 27.5 Å². The average molecular weight is 314 g/mol. The second-order valence-corrected chi connectivity index (χ2v) is 4.29. The number of phenols is 1. The van der Waals surface area contributed by atoms with E-state index in [1.165, 1.54) is 18.2 Å². The van der Waals surface area contributed by atoms with Crippen molar-refractivity contribution in [3.05, 3.63) is 53.8 Å². The number of hydrogen-bond acceptors (Lipinski definition) is 2. The molecule has 2 rings (SSSR count). The Morgan fingerprint density at radius 2 is 1.64 bits per heavy atom. The number of nitrogens with one attached hydrogen (secondary N) is 2. The first-order valence-corrected chi connectivity index (χ1v) is 6.00. The van der Waals surface area contributed by atoms with E-state index < -0.39 is 35.0 Å². The van der Waals surface area contributed by atoms with Crippen molar-refractivity contribution in [1.29, 1.82) is 0 Å². The summed E-state index contributed by atoms with van der Waals surface area (Å²) in [7, 11) is 0. The molecule has 4 nitrogen and oxygen atoms in total. The van der Waals surface area contributed by atoms with Crippen LogP contribution in [-0.4, -0.2) is 11.1 Å². The van der Waals surface area contributed by atoms with Gasteiger partial charge in [-0.2, -0.15) is 13.2 Å². The molecule has 2 aromatic rings. The Labute approximate surface area is 122 Å². The van der Waals surface area contributed by atoms with E-state index in [0.29, 0.717) is 12.1 Å². The molecule has 116 valence electrons. The second kappa shape index (κ2) is 5.92. The fraction of sp³-hybridized carbons (Fsp3) is 0.0714. The number of rotatable bonds is 2. The number of benzene rings is 2. The molecule has 0 saturated carbocycles. The fourth-order valence-corrected chi connectivity index (χ4v) is 1.65. The molecule has 0 spiro atoms. The zero-order valence-corrected chi connectivity index (χ0v) is 10.9. The van der Waals surface area contributed by atoms with Crippen LogP contribution < -0.4 is 10.6 Å². The minimum absolute atomic E-state index is 0.147. The Morgan fingerprint density at radius 1 is 1.00 bits per heavy atom. The number of hydrogen-bond donors (Lipinski definition) is 3. The molecule has 22 heavy (non-hydrogen) atoms. The number of phenolic OH excluding ortho intramolecular Hbond substituents is 1. The van der Waals surface area contributed by atoms with Crippen molar-refractivity contribution in [2.24, 2.45) is 0 Å². The molecular weight excluding hydrogens is 304 g/mol. The molecule has 0 bridgehead atoms. The van der Waals surface area contributed by atoms with Crippen molar-refractivity contribution >= 4 is 17.4 Å². The van der Waals surface area contributed by atoms with Crippen molar-refractivity contribution in [2.45, 2.75) is 6.18 Å². The minimum Gasteiger partial charge on any atom is -0.506 e. The van der Waals surface area contributed by atoms with Gasteiger partial charge in [-0.15, -0.1) is 0 Å². The van der Waals surface area contributed by atoms with Crippen molar-refractivity contribution in [3.8, 4) is 5.75 Å². The van der Waals surface area contributed by atoms with Gasteiger partial charge in [-0.05, 0) is 30.3 Å². The third-order valence-corrected chi connectivity index (χ3v) is 2.69. The van der Waals surface area contributed by atoms with E-state index in [0.717, 1.165) is 12.1 Å². The van der Waals surface area contributed by atoms with Gasteiger partial charge in [0, 0.05) is 0 Å². The van der Waals surface area contributed by atoms with E-state index in [-0.39, 0.29) is 5.69 Å². The fourth-order valence-electron chi connectivity index (χ4n) is 1.65. The van der Waals surface area contributed by atoms with Gasteiger partial charge in [0.15, 0.2) is 0 Å². The van der Waals surface area contributed by atoms with Crippen LogP contribution in [0.2, 0.25) is 0 Å². The van der Waals surface area contributed by atoms with E-state index in [4.69, 9.17) is 0 Å². The second-order valence-electron chi connectivity index (χ2n) is 4.29. The maximum Gasteiger partial charge on any atom is 0.416 e. The highest BCUT2D eigenvalue weighted by atomic mass is 19.4. The molecule has 0 aliphatic heterocycles. The molecule has 0 fully saturated rings. The summed E-state index contributed by atoms with van der Waals surface area (Å²) in [6.07, 6.45) is -4.62. The number of anilines is 2. The first-order chi connectivity index (χ1) is 10.3. The lowest BCUT2D eigenvalue weighted by molar-refractivity contribution is -0.137. The predicted molar refractivity (Wildman–Crippen MR) is 72.2 cm³/mol. The van der Waals surface area contributed by atoms with Crippen LogP contribution in [0.15, 0.2) is 42.5 Å². The van der Waals surface area contributed by atoms with E-state index in [1.807, 2.05) is 5.32 Å². The van der Waals surface area contributed by atoms with E-state index >= 15 is 0 Å². The zero-order valence-electron chi connectivity index (χ0n) is 10.9. The van der Waals surface area contributed by atoms with Crippen LogP contribution in [0.1, 0.15) is 5.56 Å². The van der Waals surface area contributed by atoms with Gasteiger partial charge in [-0.1, -0.05) is 12.1 Å². The summed E-state index contributed by atoms with van der Waals surface area (Å²) in [5, 5.41) is 13.6. The average Bonchev–Trinajstić information content (AvgIpc) is 2.42. The molecule has 2 amide bonds. The summed E-state index contributed by atoms with van der Waals surface area (Å²) >= 11 is 0. The molecule has 2 aromatic carbocycles. The Kier molecular flexibility index (Phi) is 4.20. The monoisotopic (exact) mass is 314 g/mol. The van der Waals surface area contributed by atoms with Gasteiger partial charge in [-0.3, -0.25) is 0 Å². The quantitative estimate of drug-likeness (QED) is 0.575. The Morgan fingerprint density at radius 3 is 2.27 bits per heavy atom. The highest BCUT2D eigenvalue weighted by molar-refractivity contribution is 6.00. The molecule has 0 radical (unpaired) electrons. The van der Waals surface area contributed by atoms with E-state index in [2.05, 4.69) is 5.32 Å². The third kappa shape index (κ3) is 3.66. The van der Waals surface area contributed by atoms with Crippen LogP contribution in [0, 0.1) is 5.82 Å². The van der Waals surface area contributed by atoms with Crippen LogP contribution in [0.5, 0.6) is 5.75 Å². The van der Waals surface area contributed by atoms with Crippen LogP contribution in [0.4, 0.5) is 33.7 Å². The summed E-state index contributed by atoms with van der Waals surface area (Å²) in [5.41, 5.74) is -1.62. The van der Waals surface area contributed by atoms with Gasteiger partial charge in [-0.25, -0.2) is 9.18 Å². The summed E-state index contributed by atoms with van der Waals surface area (Å²) in [5.74, 6) is -1.25. The molecule has 3 N–H and O–H groups in total. The molecule has 8 heteroatoms. The number of halogens is 4. The van der Waals surface area contributed by atoms with Crippen LogP contribution >= 0.6 is 0 Å². The molecule has 0 aliphatic rings. The summed E-state index contributed by atoms with van der Waals surface area (Å²) < 4.78 is 51.1. The first kappa shape index (κ1) is 15.6. The zero-order chi connectivity index (χ0) is 16.3. The number of amides is 2. The number of para-hydroxylation sites is 1. The van der Waals surface area contributed by atoms with E-state index in [1.54, 1.807) is 0 Å². The van der Waals surface area contributed by atoms with Crippen LogP contribution in [-0.2, 0) is 6.18 Å². The molecule has 0 atom stereocenters. The van der Waals surface area contributed by atoms with Gasteiger partial charge in [0.1, 0.15) is 11.6 Å². The SMILES string of the molecule is O=C(Nc1cc(C(F)(F)F)ccc1O)Nc1ccccc1F. The molecule has 0 saturated heterocycles. The van der Waals surface area contributed by atoms with Crippen LogP contribution in [0.25, 0.3) is 0 Å². The van der Waals surface area contributed by atoms with Crippen molar-refractivity contribution in [2.75, 3.05) is 10.6 Å². The number of urea groups is 1. The van der Waals surface area contributed by atoms with Crippen molar-refractivity contribution < 1.29 is 27.5 Å². The van der Waals surface area contributed by atoms with Gasteiger partial charge >= 0.3 is 12.2 Å². The van der Waals surface area contributed by atoms with Gasteiger partial charge in [0.2, 0.25) is 0 Å². The lowest BCUT2D eigenvalue weighted by Crippen LogP contribution is -2.20. The van der Waals surface area contributed by atoms with Gasteiger partial charge < -0.3 is 15.7 Å². The lowest BCUT2D eigenvalue weighted by Gasteiger charge is -2.12. The summed E-state index contributed by atoms with van der Waals surface area (Å²) in [4.78, 5) is 11.7. The summed E-state index contributed by atoms with van der Waals surface area (Å²) in [6, 6.07) is 6.35. The standard InChI is InChI=1S/C14H10F4N2O2/c15-9-3-1-2-4-10(9)19-13(22)20-11-7-8(14(16,17)18)5-6-12(11)21/h1-7,21H,(H2,19,20,22). The molecule has 0 heterocycles. The first-order valence-electron chi connectivity index (χ1n) is 6.00. The van der Waals surface area contributed by atoms with Crippen LogP contribution in [0.3, 0.4) is 0 Å². The molecule has 0 unspecified atom stereocenters. The predicted octanol–water partition coefficient (Wildman–Crippen LogP) is 4.19. The number of aromatic hydroxyl groups is 1. The number of carbonyl (C=O) groups is 1. The number of alkyl halides is 3. The highest BCUT2D eigenvalue weighted by Crippen LogP contribution is 2.34. The van der Waals surface area contributed by atoms with Gasteiger partial charge in [0.25, 0.3) is 0 Å². The topological polar surface area (TPSA) is 61.4 Å². The maximum absolute atomic E-state index is 13.3. The van der Waals surface area contributed by atoms with Gasteiger partial charge in [0.05, 0.1) is 16.9 Å². The normalized spacial score (nSPS) is 11.1.